The fourth-order valence-corrected chi connectivity index (χ4v) is 1.95. The molecule has 0 bridgehead atoms. The number of nitrogens with zero attached hydrogens (tertiary/aromatic N) is 2. The molecule has 5 heteroatoms. The molecule has 104 valence electrons. The van der Waals surface area contributed by atoms with Crippen LogP contribution in [0.5, 0.6) is 0 Å². The number of esters is 1. The van der Waals surface area contributed by atoms with Gasteiger partial charge in [0.05, 0.1) is 12.3 Å². The summed E-state index contributed by atoms with van der Waals surface area (Å²) < 4.78 is 4.94. The fraction of sp³-hybridized carbons (Fsp3) is 0.267. The number of hydrogen-bond donors (Lipinski definition) is 0. The molecule has 0 saturated heterocycles. The Morgan fingerprint density at radius 3 is 2.50 bits per heavy atom. The number of benzene rings is 1. The highest BCUT2D eigenvalue weighted by molar-refractivity contribution is 6.32. The van der Waals surface area contributed by atoms with Gasteiger partial charge < -0.3 is 4.74 Å². The normalized spacial score (nSPS) is 10.3. The third-order valence-corrected chi connectivity index (χ3v) is 3.18. The lowest BCUT2D eigenvalue weighted by molar-refractivity contribution is 0.0526. The van der Waals surface area contributed by atoms with Gasteiger partial charge in [-0.15, -0.1) is 10.2 Å². The molecular weight excluding hydrogens is 276 g/mol. The summed E-state index contributed by atoms with van der Waals surface area (Å²) in [6.07, 6.45) is 0.973. The van der Waals surface area contributed by atoms with Crippen molar-refractivity contribution in [2.24, 2.45) is 0 Å². The number of rotatable bonds is 4. The van der Waals surface area contributed by atoms with E-state index in [9.17, 15) is 4.79 Å². The highest BCUT2D eigenvalue weighted by Crippen LogP contribution is 2.22. The van der Waals surface area contributed by atoms with Gasteiger partial charge in [-0.2, -0.15) is 0 Å². The minimum Gasteiger partial charge on any atom is -0.462 e. The predicted octanol–water partition coefficient (Wildman–Crippen LogP) is 3.54. The van der Waals surface area contributed by atoms with E-state index in [1.165, 1.54) is 5.56 Å². The van der Waals surface area contributed by atoms with E-state index < -0.39 is 5.97 Å². The molecule has 0 amide bonds. The summed E-state index contributed by atoms with van der Waals surface area (Å²) in [5.74, 6) is -0.487. The maximum Gasteiger partial charge on any atom is 0.341 e. The molecule has 2 rings (SSSR count). The van der Waals surface area contributed by atoms with Gasteiger partial charge in [-0.3, -0.25) is 0 Å². The number of aryl methyl sites for hydroxylation is 1. The molecule has 1 aromatic heterocycles. The van der Waals surface area contributed by atoms with Crippen LogP contribution in [0.1, 0.15) is 29.8 Å². The number of ether oxygens (including phenoxy) is 1. The number of aromatic nitrogens is 2. The van der Waals surface area contributed by atoms with Crippen molar-refractivity contribution in [3.05, 3.63) is 46.6 Å². The van der Waals surface area contributed by atoms with Crippen molar-refractivity contribution in [2.45, 2.75) is 20.3 Å². The zero-order chi connectivity index (χ0) is 14.5. The molecule has 0 spiro atoms. The Morgan fingerprint density at radius 1 is 1.20 bits per heavy atom. The van der Waals surface area contributed by atoms with E-state index in [-0.39, 0.29) is 17.3 Å². The van der Waals surface area contributed by atoms with Crippen LogP contribution in [0.25, 0.3) is 11.3 Å². The summed E-state index contributed by atoms with van der Waals surface area (Å²) in [4.78, 5) is 11.8. The zero-order valence-corrected chi connectivity index (χ0v) is 12.1. The van der Waals surface area contributed by atoms with Crippen molar-refractivity contribution in [2.75, 3.05) is 6.61 Å². The van der Waals surface area contributed by atoms with Crippen LogP contribution in [0.2, 0.25) is 5.15 Å². The Balaban J connectivity index is 2.37. The molecule has 0 fully saturated rings. The summed E-state index contributed by atoms with van der Waals surface area (Å²) in [5, 5.41) is 7.89. The van der Waals surface area contributed by atoms with Crippen LogP contribution in [0, 0.1) is 0 Å². The third kappa shape index (κ3) is 3.14. The second kappa shape index (κ2) is 6.48. The molecule has 1 heterocycles. The van der Waals surface area contributed by atoms with Crippen molar-refractivity contribution in [1.29, 1.82) is 0 Å². The lowest BCUT2D eigenvalue weighted by Crippen LogP contribution is -2.07. The Bertz CT molecular complexity index is 612. The molecular formula is C15H15ClN2O2. The molecule has 0 aliphatic heterocycles. The van der Waals surface area contributed by atoms with Gasteiger partial charge in [0.15, 0.2) is 5.15 Å². The highest BCUT2D eigenvalue weighted by atomic mass is 35.5. The first-order valence-corrected chi connectivity index (χ1v) is 6.83. The lowest BCUT2D eigenvalue weighted by Gasteiger charge is -2.06. The van der Waals surface area contributed by atoms with E-state index in [1.54, 1.807) is 13.0 Å². The van der Waals surface area contributed by atoms with E-state index in [2.05, 4.69) is 17.1 Å². The average Bonchev–Trinajstić information content (AvgIpc) is 2.48. The topological polar surface area (TPSA) is 52.1 Å². The van der Waals surface area contributed by atoms with Crippen molar-refractivity contribution < 1.29 is 9.53 Å². The van der Waals surface area contributed by atoms with Crippen molar-refractivity contribution in [1.82, 2.24) is 10.2 Å². The molecule has 2 aromatic rings. The van der Waals surface area contributed by atoms with Crippen LogP contribution in [-0.4, -0.2) is 22.8 Å². The molecule has 0 aliphatic carbocycles. The number of halogens is 1. The Hall–Kier alpha value is -1.94. The lowest BCUT2D eigenvalue weighted by atomic mass is 10.1. The average molecular weight is 291 g/mol. The van der Waals surface area contributed by atoms with E-state index in [0.29, 0.717) is 5.69 Å². The van der Waals surface area contributed by atoms with Crippen LogP contribution in [0.3, 0.4) is 0 Å². The summed E-state index contributed by atoms with van der Waals surface area (Å²) in [6.45, 7) is 4.12. The molecule has 0 unspecified atom stereocenters. The Morgan fingerprint density at radius 2 is 1.90 bits per heavy atom. The van der Waals surface area contributed by atoms with Gasteiger partial charge >= 0.3 is 5.97 Å². The van der Waals surface area contributed by atoms with Crippen LogP contribution in [0.4, 0.5) is 0 Å². The highest BCUT2D eigenvalue weighted by Gasteiger charge is 2.15. The Kier molecular flexibility index (Phi) is 4.69. The van der Waals surface area contributed by atoms with Gasteiger partial charge in [0.2, 0.25) is 0 Å². The maximum absolute atomic E-state index is 11.8. The molecule has 0 radical (unpaired) electrons. The summed E-state index contributed by atoms with van der Waals surface area (Å²) in [7, 11) is 0. The van der Waals surface area contributed by atoms with E-state index >= 15 is 0 Å². The maximum atomic E-state index is 11.8. The zero-order valence-electron chi connectivity index (χ0n) is 11.4. The first-order valence-electron chi connectivity index (χ1n) is 6.45. The van der Waals surface area contributed by atoms with Crippen molar-refractivity contribution in [3.63, 3.8) is 0 Å². The molecule has 0 saturated carbocycles. The molecule has 0 aliphatic rings. The van der Waals surface area contributed by atoms with Crippen LogP contribution in [-0.2, 0) is 11.2 Å². The van der Waals surface area contributed by atoms with Gasteiger partial charge in [0.1, 0.15) is 5.56 Å². The van der Waals surface area contributed by atoms with Gasteiger partial charge in [-0.05, 0) is 25.0 Å². The van der Waals surface area contributed by atoms with Crippen molar-refractivity contribution >= 4 is 17.6 Å². The second-order valence-corrected chi connectivity index (χ2v) is 4.56. The fourth-order valence-electron chi connectivity index (χ4n) is 1.78. The SMILES string of the molecule is CCOC(=O)c1cc(-c2ccc(CC)cc2)nnc1Cl. The van der Waals surface area contributed by atoms with Gasteiger partial charge in [-0.25, -0.2) is 4.79 Å². The third-order valence-electron chi connectivity index (χ3n) is 2.90. The first kappa shape index (κ1) is 14.5. The van der Waals surface area contributed by atoms with Crippen LogP contribution >= 0.6 is 11.6 Å². The minimum absolute atomic E-state index is 0.0531. The largest absolute Gasteiger partial charge is 0.462 e. The summed E-state index contributed by atoms with van der Waals surface area (Å²) in [6, 6.07) is 9.55. The minimum atomic E-state index is -0.487. The van der Waals surface area contributed by atoms with Crippen LogP contribution in [0.15, 0.2) is 30.3 Å². The second-order valence-electron chi connectivity index (χ2n) is 4.21. The first-order chi connectivity index (χ1) is 9.65. The standard InChI is InChI=1S/C15H15ClN2O2/c1-3-10-5-7-11(8-6-10)13-9-12(14(16)18-17-13)15(19)20-4-2/h5-9H,3-4H2,1-2H3. The van der Waals surface area contributed by atoms with E-state index in [1.807, 2.05) is 24.3 Å². The summed E-state index contributed by atoms with van der Waals surface area (Å²) in [5.41, 5.74) is 2.95. The van der Waals surface area contributed by atoms with E-state index in [4.69, 9.17) is 16.3 Å². The molecule has 0 atom stereocenters. The van der Waals surface area contributed by atoms with Gasteiger partial charge in [0, 0.05) is 5.56 Å². The van der Waals surface area contributed by atoms with Gasteiger partial charge in [-0.1, -0.05) is 42.8 Å². The quantitative estimate of drug-likeness (QED) is 0.808. The molecule has 0 N–H and O–H groups in total. The number of hydrogen-bond acceptors (Lipinski definition) is 4. The van der Waals surface area contributed by atoms with Gasteiger partial charge in [0.25, 0.3) is 0 Å². The predicted molar refractivity (Wildman–Crippen MR) is 77.8 cm³/mol. The number of carbonyl (C=O) groups excluding carboxylic acids is 1. The molecule has 4 nitrogen and oxygen atoms in total. The van der Waals surface area contributed by atoms with E-state index in [0.717, 1.165) is 12.0 Å². The Labute approximate surface area is 122 Å². The molecule has 20 heavy (non-hydrogen) atoms. The summed E-state index contributed by atoms with van der Waals surface area (Å²) >= 11 is 5.89. The smallest absolute Gasteiger partial charge is 0.341 e. The monoisotopic (exact) mass is 290 g/mol. The number of carbonyl (C=O) groups is 1. The van der Waals surface area contributed by atoms with Crippen LogP contribution < -0.4 is 0 Å². The van der Waals surface area contributed by atoms with Crippen molar-refractivity contribution in [3.8, 4) is 11.3 Å². The molecule has 1 aromatic carbocycles.